The third-order valence-corrected chi connectivity index (χ3v) is 4.28. The fourth-order valence-corrected chi connectivity index (χ4v) is 4.02. The van der Waals surface area contributed by atoms with Gasteiger partial charge in [0.15, 0.2) is 11.6 Å². The summed E-state index contributed by atoms with van der Waals surface area (Å²) in [4.78, 5) is 24.8. The molecular formula is C15H8BrIO2. The Bertz CT molecular complexity index is 654. The summed E-state index contributed by atoms with van der Waals surface area (Å²) in [6, 6.07) is 12.7. The molecule has 0 spiro atoms. The molecule has 19 heavy (non-hydrogen) atoms. The van der Waals surface area contributed by atoms with Crippen molar-refractivity contribution in [3.05, 3.63) is 67.2 Å². The van der Waals surface area contributed by atoms with Crippen molar-refractivity contribution in [3.8, 4) is 0 Å². The van der Waals surface area contributed by atoms with E-state index in [4.69, 9.17) is 0 Å². The first-order chi connectivity index (χ1) is 9.08. The maximum absolute atomic E-state index is 12.4. The van der Waals surface area contributed by atoms with Gasteiger partial charge in [-0.2, -0.15) is 0 Å². The fourth-order valence-electron chi connectivity index (χ4n) is 2.39. The van der Waals surface area contributed by atoms with Gasteiger partial charge in [-0.1, -0.05) is 40.2 Å². The summed E-state index contributed by atoms with van der Waals surface area (Å²) >= 11 is 5.59. The monoisotopic (exact) mass is 426 g/mol. The van der Waals surface area contributed by atoms with Crippen molar-refractivity contribution in [1.82, 2.24) is 0 Å². The zero-order valence-electron chi connectivity index (χ0n) is 9.69. The van der Waals surface area contributed by atoms with Gasteiger partial charge in [0.2, 0.25) is 0 Å². The van der Waals surface area contributed by atoms with Crippen LogP contribution in [0.15, 0.2) is 46.9 Å². The largest absolute Gasteiger partial charge is 0.293 e. The van der Waals surface area contributed by atoms with E-state index < -0.39 is 5.92 Å². The number of fused-ring (bicyclic) bond motifs is 1. The molecule has 0 amide bonds. The maximum atomic E-state index is 12.4. The molecule has 0 saturated heterocycles. The first kappa shape index (κ1) is 13.0. The second-order valence-electron chi connectivity index (χ2n) is 4.41. The highest BCUT2D eigenvalue weighted by Gasteiger charge is 2.39. The summed E-state index contributed by atoms with van der Waals surface area (Å²) in [5, 5.41) is 0. The van der Waals surface area contributed by atoms with Gasteiger partial charge in [0.05, 0.1) is 0 Å². The number of rotatable bonds is 1. The highest BCUT2D eigenvalue weighted by atomic mass is 127. The third-order valence-electron chi connectivity index (χ3n) is 3.20. The minimum atomic E-state index is -0.691. The van der Waals surface area contributed by atoms with Gasteiger partial charge in [-0.25, -0.2) is 0 Å². The number of carbonyl (C=O) groups is 2. The van der Waals surface area contributed by atoms with Crippen LogP contribution in [0.1, 0.15) is 32.2 Å². The Kier molecular flexibility index (Phi) is 3.30. The average molecular weight is 427 g/mol. The molecule has 0 aromatic heterocycles. The highest BCUT2D eigenvalue weighted by Crippen LogP contribution is 2.35. The number of ketones is 2. The van der Waals surface area contributed by atoms with Gasteiger partial charge in [-0.15, -0.1) is 0 Å². The molecule has 0 unspecified atom stereocenters. The van der Waals surface area contributed by atoms with Gasteiger partial charge in [0, 0.05) is 19.2 Å². The minimum absolute atomic E-state index is 0.102. The van der Waals surface area contributed by atoms with Gasteiger partial charge >= 0.3 is 0 Å². The number of hydrogen-bond donors (Lipinski definition) is 0. The smallest absolute Gasteiger partial charge is 0.178 e. The van der Waals surface area contributed by atoms with E-state index in [2.05, 4.69) is 38.5 Å². The molecule has 0 atom stereocenters. The second-order valence-corrected chi connectivity index (χ2v) is 6.57. The van der Waals surface area contributed by atoms with Crippen molar-refractivity contribution >= 4 is 50.1 Å². The molecule has 2 aromatic rings. The van der Waals surface area contributed by atoms with E-state index in [-0.39, 0.29) is 11.6 Å². The zero-order valence-corrected chi connectivity index (χ0v) is 13.4. The average Bonchev–Trinajstić information content (AvgIpc) is 2.61. The van der Waals surface area contributed by atoms with Crippen LogP contribution in [0.4, 0.5) is 0 Å². The Morgan fingerprint density at radius 1 is 0.947 bits per heavy atom. The van der Waals surface area contributed by atoms with Crippen molar-refractivity contribution in [1.29, 1.82) is 0 Å². The Morgan fingerprint density at radius 2 is 1.53 bits per heavy atom. The van der Waals surface area contributed by atoms with Gasteiger partial charge in [0.25, 0.3) is 0 Å². The molecule has 2 aromatic carbocycles. The van der Waals surface area contributed by atoms with Crippen LogP contribution < -0.4 is 0 Å². The normalized spacial score (nSPS) is 14.8. The van der Waals surface area contributed by atoms with Crippen LogP contribution in [0.3, 0.4) is 0 Å². The molecule has 0 radical (unpaired) electrons. The van der Waals surface area contributed by atoms with E-state index in [0.29, 0.717) is 11.1 Å². The van der Waals surface area contributed by atoms with Crippen molar-refractivity contribution < 1.29 is 9.59 Å². The van der Waals surface area contributed by atoms with Gasteiger partial charge < -0.3 is 0 Å². The molecule has 2 nitrogen and oxygen atoms in total. The molecule has 0 fully saturated rings. The van der Waals surface area contributed by atoms with Gasteiger partial charge in [-0.05, 0) is 46.4 Å². The summed E-state index contributed by atoms with van der Waals surface area (Å²) < 4.78 is 1.88. The van der Waals surface area contributed by atoms with Crippen LogP contribution in [-0.4, -0.2) is 11.6 Å². The SMILES string of the molecule is O=C1c2ccccc2C(=O)C1c1cc(Br)cc(I)c1. The maximum Gasteiger partial charge on any atom is 0.178 e. The zero-order chi connectivity index (χ0) is 13.6. The van der Waals surface area contributed by atoms with Gasteiger partial charge in [-0.3, -0.25) is 9.59 Å². The topological polar surface area (TPSA) is 34.1 Å². The van der Waals surface area contributed by atoms with Crippen LogP contribution in [-0.2, 0) is 0 Å². The quantitative estimate of drug-likeness (QED) is 0.505. The summed E-state index contributed by atoms with van der Waals surface area (Å²) in [6.07, 6.45) is 0. The van der Waals surface area contributed by atoms with E-state index in [9.17, 15) is 9.59 Å². The van der Waals surface area contributed by atoms with Crippen molar-refractivity contribution in [2.75, 3.05) is 0 Å². The van der Waals surface area contributed by atoms with Crippen molar-refractivity contribution in [2.24, 2.45) is 0 Å². The molecule has 0 aliphatic heterocycles. The molecule has 4 heteroatoms. The van der Waals surface area contributed by atoms with E-state index in [1.54, 1.807) is 24.3 Å². The Labute approximate surface area is 132 Å². The standard InChI is InChI=1S/C15H8BrIO2/c16-9-5-8(6-10(17)7-9)13-14(18)11-3-1-2-4-12(11)15(13)19/h1-7,13H. The lowest BCUT2D eigenvalue weighted by Crippen LogP contribution is -2.13. The number of benzene rings is 2. The van der Waals surface area contributed by atoms with E-state index in [0.717, 1.165) is 13.6 Å². The highest BCUT2D eigenvalue weighted by molar-refractivity contribution is 14.1. The Balaban J connectivity index is 2.14. The van der Waals surface area contributed by atoms with Crippen molar-refractivity contribution in [3.63, 3.8) is 0 Å². The lowest BCUT2D eigenvalue weighted by atomic mass is 9.94. The van der Waals surface area contributed by atoms with Crippen LogP contribution in [0.2, 0.25) is 0 Å². The van der Waals surface area contributed by atoms with Crippen LogP contribution in [0, 0.1) is 3.57 Å². The molecule has 3 rings (SSSR count). The van der Waals surface area contributed by atoms with Crippen LogP contribution in [0.5, 0.6) is 0 Å². The Morgan fingerprint density at radius 3 is 2.05 bits per heavy atom. The predicted octanol–water partition coefficient (Wildman–Crippen LogP) is 4.22. The van der Waals surface area contributed by atoms with Crippen LogP contribution in [0.25, 0.3) is 0 Å². The Hall–Kier alpha value is -1.01. The minimum Gasteiger partial charge on any atom is -0.293 e. The third kappa shape index (κ3) is 2.17. The predicted molar refractivity (Wildman–Crippen MR) is 84.7 cm³/mol. The summed E-state index contributed by atoms with van der Waals surface area (Å²) in [7, 11) is 0. The molecule has 0 N–H and O–H groups in total. The summed E-state index contributed by atoms with van der Waals surface area (Å²) in [5.41, 5.74) is 1.82. The lowest BCUT2D eigenvalue weighted by Gasteiger charge is -2.08. The molecule has 0 saturated carbocycles. The van der Waals surface area contributed by atoms with E-state index in [1.807, 2.05) is 18.2 Å². The molecular weight excluding hydrogens is 419 g/mol. The first-order valence-electron chi connectivity index (χ1n) is 5.71. The lowest BCUT2D eigenvalue weighted by molar-refractivity contribution is 0.0890. The summed E-state index contributed by atoms with van der Waals surface area (Å²) in [5.74, 6) is -0.896. The number of hydrogen-bond acceptors (Lipinski definition) is 2. The second kappa shape index (κ2) is 4.83. The van der Waals surface area contributed by atoms with Gasteiger partial charge in [0.1, 0.15) is 5.92 Å². The van der Waals surface area contributed by atoms with Crippen molar-refractivity contribution in [2.45, 2.75) is 5.92 Å². The number of carbonyl (C=O) groups excluding carboxylic acids is 2. The first-order valence-corrected chi connectivity index (χ1v) is 7.58. The molecule has 0 bridgehead atoms. The van der Waals surface area contributed by atoms with E-state index >= 15 is 0 Å². The molecule has 1 aliphatic rings. The molecule has 94 valence electrons. The van der Waals surface area contributed by atoms with Crippen LogP contribution >= 0.6 is 38.5 Å². The molecule has 1 aliphatic carbocycles. The van der Waals surface area contributed by atoms with E-state index in [1.165, 1.54) is 0 Å². The number of halogens is 2. The molecule has 0 heterocycles. The fraction of sp³-hybridized carbons (Fsp3) is 0.0667. The number of Topliss-reactive ketones (excluding diaryl/α,β-unsaturated/α-hetero) is 2. The summed E-state index contributed by atoms with van der Waals surface area (Å²) in [6.45, 7) is 0.